The lowest BCUT2D eigenvalue weighted by molar-refractivity contribution is -0.285. The highest BCUT2D eigenvalue weighted by Gasteiger charge is 2.56. The molecule has 0 aliphatic rings. The molecule has 0 aromatic heterocycles. The zero-order valence-electron chi connectivity index (χ0n) is 8.41. The van der Waals surface area contributed by atoms with Crippen LogP contribution in [-0.2, 0) is 0 Å². The summed E-state index contributed by atoms with van der Waals surface area (Å²) in [5.74, 6) is -4.75. The molecule has 0 amide bonds. The van der Waals surface area contributed by atoms with Gasteiger partial charge in [-0.1, -0.05) is 0 Å². The fourth-order valence-electron chi connectivity index (χ4n) is 0.832. The molecule has 3 N–H and O–H groups in total. The van der Waals surface area contributed by atoms with E-state index in [4.69, 9.17) is 5.73 Å². The van der Waals surface area contributed by atoms with Gasteiger partial charge in [-0.15, -0.1) is 0 Å². The summed E-state index contributed by atoms with van der Waals surface area (Å²) >= 11 is 0. The first kappa shape index (κ1) is 14.6. The Morgan fingerprint density at radius 1 is 1.13 bits per heavy atom. The van der Waals surface area contributed by atoms with Crippen molar-refractivity contribution in [1.82, 2.24) is 0 Å². The third-order valence-corrected chi connectivity index (χ3v) is 2.09. The molecule has 15 heavy (non-hydrogen) atoms. The predicted molar refractivity (Wildman–Crippen MR) is 44.5 cm³/mol. The van der Waals surface area contributed by atoms with Gasteiger partial charge in [0.1, 0.15) is 0 Å². The number of alkyl halides is 5. The lowest BCUT2D eigenvalue weighted by atomic mass is 9.94. The minimum Gasteiger partial charge on any atom is -0.389 e. The second-order valence-corrected chi connectivity index (χ2v) is 4.00. The maximum Gasteiger partial charge on any atom is 0.453 e. The number of hydrogen-bond donors (Lipinski definition) is 2. The van der Waals surface area contributed by atoms with E-state index in [1.165, 1.54) is 13.8 Å². The molecule has 0 saturated heterocycles. The Balaban J connectivity index is 4.29. The monoisotopic (exact) mass is 235 g/mol. The van der Waals surface area contributed by atoms with Crippen LogP contribution in [-0.4, -0.2) is 28.8 Å². The van der Waals surface area contributed by atoms with E-state index in [0.29, 0.717) is 0 Å². The normalized spacial score (nSPS) is 16.6. The molecule has 7 heteroatoms. The topological polar surface area (TPSA) is 46.2 Å². The third-order valence-electron chi connectivity index (χ3n) is 2.09. The minimum atomic E-state index is -5.56. The first-order valence-corrected chi connectivity index (χ1v) is 4.30. The summed E-state index contributed by atoms with van der Waals surface area (Å²) in [6, 6.07) is -1.12. The fraction of sp³-hybridized carbons (Fsp3) is 1.00. The molecule has 0 fully saturated rings. The van der Waals surface area contributed by atoms with E-state index in [-0.39, 0.29) is 0 Å². The van der Waals surface area contributed by atoms with Gasteiger partial charge in [-0.05, 0) is 20.3 Å². The summed E-state index contributed by atoms with van der Waals surface area (Å²) in [6.45, 7) is 2.51. The lowest BCUT2D eigenvalue weighted by Crippen LogP contribution is -2.45. The van der Waals surface area contributed by atoms with Crippen molar-refractivity contribution in [2.24, 2.45) is 5.73 Å². The summed E-state index contributed by atoms with van der Waals surface area (Å²) in [4.78, 5) is 0. The van der Waals surface area contributed by atoms with E-state index in [0.717, 1.165) is 0 Å². The summed E-state index contributed by atoms with van der Waals surface area (Å²) in [7, 11) is 0. The smallest absolute Gasteiger partial charge is 0.389 e. The minimum absolute atomic E-state index is 0.601. The molecule has 0 rings (SSSR count). The molecule has 0 aliphatic carbocycles. The van der Waals surface area contributed by atoms with Crippen LogP contribution in [0, 0.1) is 0 Å². The van der Waals surface area contributed by atoms with E-state index < -0.39 is 36.6 Å². The molecule has 0 unspecified atom stereocenters. The zero-order chi connectivity index (χ0) is 12.5. The van der Waals surface area contributed by atoms with Crippen LogP contribution in [0.2, 0.25) is 0 Å². The molecule has 92 valence electrons. The second-order valence-electron chi connectivity index (χ2n) is 4.00. The fourth-order valence-corrected chi connectivity index (χ4v) is 0.832. The van der Waals surface area contributed by atoms with E-state index in [1.807, 2.05) is 0 Å². The Morgan fingerprint density at radius 2 is 1.53 bits per heavy atom. The van der Waals surface area contributed by atoms with Crippen LogP contribution < -0.4 is 5.73 Å². The number of halogens is 5. The number of hydrogen-bond acceptors (Lipinski definition) is 2. The molecule has 0 radical (unpaired) electrons. The Kier molecular flexibility index (Phi) is 4.09. The van der Waals surface area contributed by atoms with Gasteiger partial charge in [0.25, 0.3) is 0 Å². The Hall–Kier alpha value is -0.430. The van der Waals surface area contributed by atoms with E-state index in [1.54, 1.807) is 0 Å². The third kappa shape index (κ3) is 4.29. The average molecular weight is 235 g/mol. The summed E-state index contributed by atoms with van der Waals surface area (Å²) in [6.07, 6.45) is -7.58. The van der Waals surface area contributed by atoms with Crippen LogP contribution in [0.5, 0.6) is 0 Å². The molecule has 0 saturated carbocycles. The van der Waals surface area contributed by atoms with Gasteiger partial charge in [0.15, 0.2) is 0 Å². The highest BCUT2D eigenvalue weighted by atomic mass is 19.4. The number of rotatable bonds is 4. The molecule has 1 atom stereocenters. The summed E-state index contributed by atoms with van der Waals surface area (Å²) in [5, 5.41) is 9.23. The number of nitrogens with two attached hydrogens (primary N) is 1. The SMILES string of the molecule is CC(C)(O)[C@@H](N)CCC(F)(F)C(F)(F)F. The molecule has 0 spiro atoms. The van der Waals surface area contributed by atoms with Crippen molar-refractivity contribution in [3.05, 3.63) is 0 Å². The maximum atomic E-state index is 12.4. The highest BCUT2D eigenvalue weighted by molar-refractivity contribution is 4.84. The van der Waals surface area contributed by atoms with Crippen molar-refractivity contribution >= 4 is 0 Å². The second kappa shape index (κ2) is 4.21. The molecule has 0 heterocycles. The summed E-state index contributed by atoms with van der Waals surface area (Å²) in [5.41, 5.74) is 3.78. The first-order valence-electron chi connectivity index (χ1n) is 4.30. The standard InChI is InChI=1S/C8H14F5NO/c1-6(2,15)5(14)3-4-7(9,10)8(11,12)13/h5,15H,3-4,14H2,1-2H3/t5-/m0/s1. The van der Waals surface area contributed by atoms with Crippen molar-refractivity contribution in [1.29, 1.82) is 0 Å². The zero-order valence-corrected chi connectivity index (χ0v) is 8.41. The number of aliphatic hydroxyl groups is 1. The van der Waals surface area contributed by atoms with E-state index >= 15 is 0 Å². The van der Waals surface area contributed by atoms with Gasteiger partial charge in [0, 0.05) is 12.5 Å². The van der Waals surface area contributed by atoms with Gasteiger partial charge in [-0.3, -0.25) is 0 Å². The van der Waals surface area contributed by atoms with Gasteiger partial charge in [-0.2, -0.15) is 22.0 Å². The Bertz CT molecular complexity index is 208. The largest absolute Gasteiger partial charge is 0.453 e. The van der Waals surface area contributed by atoms with Gasteiger partial charge in [-0.25, -0.2) is 0 Å². The molecule has 0 aliphatic heterocycles. The van der Waals surface area contributed by atoms with Crippen LogP contribution in [0.1, 0.15) is 26.7 Å². The molecule has 0 aromatic carbocycles. The Morgan fingerprint density at radius 3 is 1.80 bits per heavy atom. The van der Waals surface area contributed by atoms with Crippen LogP contribution >= 0.6 is 0 Å². The van der Waals surface area contributed by atoms with Crippen molar-refractivity contribution in [2.75, 3.05) is 0 Å². The van der Waals surface area contributed by atoms with E-state index in [9.17, 15) is 27.1 Å². The average Bonchev–Trinajstić information content (AvgIpc) is 1.96. The summed E-state index contributed by atoms with van der Waals surface area (Å²) < 4.78 is 60.0. The van der Waals surface area contributed by atoms with Gasteiger partial charge in [0.2, 0.25) is 0 Å². The predicted octanol–water partition coefficient (Wildman–Crippen LogP) is 2.06. The molecule has 2 nitrogen and oxygen atoms in total. The Labute approximate surface area is 84.3 Å². The van der Waals surface area contributed by atoms with Crippen molar-refractivity contribution < 1.29 is 27.1 Å². The highest BCUT2D eigenvalue weighted by Crippen LogP contribution is 2.39. The van der Waals surface area contributed by atoms with Crippen LogP contribution in [0.3, 0.4) is 0 Å². The maximum absolute atomic E-state index is 12.4. The van der Waals surface area contributed by atoms with Gasteiger partial charge >= 0.3 is 12.1 Å². The van der Waals surface area contributed by atoms with Crippen molar-refractivity contribution in [3.8, 4) is 0 Å². The first-order chi connectivity index (χ1) is 6.38. The van der Waals surface area contributed by atoms with Crippen LogP contribution in [0.4, 0.5) is 22.0 Å². The van der Waals surface area contributed by atoms with Crippen molar-refractivity contribution in [2.45, 2.75) is 50.4 Å². The van der Waals surface area contributed by atoms with Crippen molar-refractivity contribution in [3.63, 3.8) is 0 Å². The molecular weight excluding hydrogens is 221 g/mol. The quantitative estimate of drug-likeness (QED) is 0.732. The van der Waals surface area contributed by atoms with Gasteiger partial charge < -0.3 is 10.8 Å². The lowest BCUT2D eigenvalue weighted by Gasteiger charge is -2.27. The molecular formula is C8H14F5NO. The molecule has 0 bridgehead atoms. The van der Waals surface area contributed by atoms with E-state index in [2.05, 4.69) is 0 Å². The van der Waals surface area contributed by atoms with Gasteiger partial charge in [0.05, 0.1) is 5.60 Å². The van der Waals surface area contributed by atoms with Crippen LogP contribution in [0.25, 0.3) is 0 Å². The van der Waals surface area contributed by atoms with Crippen LogP contribution in [0.15, 0.2) is 0 Å². The molecule has 0 aromatic rings.